The first-order chi connectivity index (χ1) is 6.63. The summed E-state index contributed by atoms with van der Waals surface area (Å²) in [5.74, 6) is 0. The average molecular weight is 205 g/mol. The molecule has 0 radical (unpaired) electrons. The van der Waals surface area contributed by atoms with Crippen LogP contribution in [0, 0.1) is 0 Å². The van der Waals surface area contributed by atoms with Crippen molar-refractivity contribution in [1.29, 1.82) is 0 Å². The molecule has 0 aromatic carbocycles. The minimum absolute atomic E-state index is 0.404. The number of hydrogen-bond acceptors (Lipinski definition) is 6. The molecule has 2 saturated heterocycles. The van der Waals surface area contributed by atoms with Gasteiger partial charge in [0.25, 0.3) is 0 Å². The lowest BCUT2D eigenvalue weighted by Gasteiger charge is -2.22. The largest absolute Gasteiger partial charge is 0.438 e. The second-order valence-electron chi connectivity index (χ2n) is 3.33. The lowest BCUT2D eigenvalue weighted by atomic mass is 10.0. The summed E-state index contributed by atoms with van der Waals surface area (Å²) in [4.78, 5) is 10.9. The molecule has 2 fully saturated rings. The first kappa shape index (κ1) is 9.66. The molecule has 7 nitrogen and oxygen atoms in total. The van der Waals surface area contributed by atoms with Crippen LogP contribution in [0.3, 0.4) is 0 Å². The topological polar surface area (TPSA) is 108 Å². The molecule has 0 saturated carbocycles. The number of fused-ring (bicyclic) bond motifs is 1. The van der Waals surface area contributed by atoms with Crippen molar-refractivity contribution in [2.24, 2.45) is 0 Å². The predicted octanol–water partition coefficient (Wildman–Crippen LogP) is -2.46. The molecule has 0 aromatic rings. The number of carbonyl (C=O) groups excluding carboxylic acids is 1. The van der Waals surface area contributed by atoms with Crippen LogP contribution in [0.4, 0.5) is 4.79 Å². The monoisotopic (exact) mass is 205 g/mol. The van der Waals surface area contributed by atoms with Crippen molar-refractivity contribution in [2.45, 2.75) is 24.0 Å². The van der Waals surface area contributed by atoms with Crippen molar-refractivity contribution in [3.05, 3.63) is 0 Å². The van der Waals surface area contributed by atoms with Crippen LogP contribution in [0.5, 0.6) is 0 Å². The third kappa shape index (κ3) is 1.10. The second kappa shape index (κ2) is 3.06. The third-order valence-corrected chi connectivity index (χ3v) is 2.47. The van der Waals surface area contributed by atoms with Crippen molar-refractivity contribution in [3.63, 3.8) is 0 Å². The fourth-order valence-electron chi connectivity index (χ4n) is 1.77. The van der Waals surface area contributed by atoms with E-state index >= 15 is 0 Å². The molecule has 4 atom stereocenters. The van der Waals surface area contributed by atoms with Crippen LogP contribution in [0.15, 0.2) is 0 Å². The van der Waals surface area contributed by atoms with Gasteiger partial charge in [-0.25, -0.2) is 4.79 Å². The highest BCUT2D eigenvalue weighted by atomic mass is 16.7. The van der Waals surface area contributed by atoms with E-state index in [0.29, 0.717) is 0 Å². The minimum atomic E-state index is -1.41. The van der Waals surface area contributed by atoms with Gasteiger partial charge in [0, 0.05) is 0 Å². The summed E-state index contributed by atoms with van der Waals surface area (Å²) in [5, 5.41) is 29.7. The molecule has 4 N–H and O–H groups in total. The summed E-state index contributed by atoms with van der Waals surface area (Å²) in [7, 11) is 0. The van der Waals surface area contributed by atoms with Crippen LogP contribution in [0.25, 0.3) is 0 Å². The van der Waals surface area contributed by atoms with Gasteiger partial charge >= 0.3 is 6.09 Å². The zero-order valence-electron chi connectivity index (χ0n) is 7.21. The number of carbonyl (C=O) groups is 1. The van der Waals surface area contributed by atoms with E-state index in [1.807, 2.05) is 0 Å². The highest BCUT2D eigenvalue weighted by molar-refractivity contribution is 5.71. The van der Waals surface area contributed by atoms with Gasteiger partial charge in [-0.1, -0.05) is 0 Å². The Kier molecular flexibility index (Phi) is 2.11. The number of alkyl carbamates (subject to hydrolysis) is 1. The zero-order valence-corrected chi connectivity index (χ0v) is 7.21. The summed E-state index contributed by atoms with van der Waals surface area (Å²) in [6.07, 6.45) is -3.71. The zero-order chi connectivity index (χ0) is 10.3. The van der Waals surface area contributed by atoms with E-state index in [1.54, 1.807) is 0 Å². The van der Waals surface area contributed by atoms with E-state index < -0.39 is 43.3 Å². The maximum Gasteiger partial charge on any atom is 0.410 e. The van der Waals surface area contributed by atoms with Gasteiger partial charge in [0.1, 0.15) is 12.2 Å². The second-order valence-corrected chi connectivity index (χ2v) is 3.33. The first-order valence-electron chi connectivity index (χ1n) is 4.19. The fraction of sp³-hybridized carbons (Fsp3) is 0.857. The van der Waals surface area contributed by atoms with Gasteiger partial charge in [-0.15, -0.1) is 0 Å². The minimum Gasteiger partial charge on any atom is -0.438 e. The number of rotatable bonds is 2. The molecule has 7 heteroatoms. The molecule has 2 heterocycles. The van der Waals surface area contributed by atoms with E-state index in [0.717, 1.165) is 0 Å². The lowest BCUT2D eigenvalue weighted by Crippen LogP contribution is -2.51. The molecule has 2 aliphatic rings. The van der Waals surface area contributed by atoms with Crippen molar-refractivity contribution in [1.82, 2.24) is 5.32 Å². The molecule has 0 aromatic heterocycles. The van der Waals surface area contributed by atoms with Crippen LogP contribution in [0.1, 0.15) is 0 Å². The Labute approximate surface area is 79.2 Å². The molecule has 0 aliphatic carbocycles. The summed E-state index contributed by atoms with van der Waals surface area (Å²) in [5.41, 5.74) is -1.41. The van der Waals surface area contributed by atoms with Crippen molar-refractivity contribution < 1.29 is 29.6 Å². The maximum absolute atomic E-state index is 10.9. The van der Waals surface area contributed by atoms with E-state index in [2.05, 4.69) is 5.32 Å². The van der Waals surface area contributed by atoms with Crippen molar-refractivity contribution >= 4 is 6.09 Å². The Bertz CT molecular complexity index is 259. The Morgan fingerprint density at radius 3 is 2.71 bits per heavy atom. The fourth-order valence-corrected chi connectivity index (χ4v) is 1.77. The van der Waals surface area contributed by atoms with Crippen molar-refractivity contribution in [3.8, 4) is 0 Å². The Hall–Kier alpha value is -0.890. The molecular weight excluding hydrogens is 194 g/mol. The molecule has 0 spiro atoms. The van der Waals surface area contributed by atoms with Gasteiger partial charge < -0.3 is 24.8 Å². The molecule has 14 heavy (non-hydrogen) atoms. The molecule has 0 unspecified atom stereocenters. The highest BCUT2D eigenvalue weighted by Crippen LogP contribution is 2.34. The smallest absolute Gasteiger partial charge is 0.410 e. The van der Waals surface area contributed by atoms with Gasteiger partial charge in [0.05, 0.1) is 13.2 Å². The summed E-state index contributed by atoms with van der Waals surface area (Å²) >= 11 is 0. The summed E-state index contributed by atoms with van der Waals surface area (Å²) in [6, 6.07) is 0. The predicted molar refractivity (Wildman–Crippen MR) is 41.2 cm³/mol. The first-order valence-corrected chi connectivity index (χ1v) is 4.19. The molecule has 1 amide bonds. The van der Waals surface area contributed by atoms with Gasteiger partial charge in [-0.05, 0) is 0 Å². The number of nitrogens with one attached hydrogen (secondary N) is 1. The SMILES string of the molecule is O=C1N[C@]2(CO)O[C@@H](CO)[C@@H](O)[C@@H]2O1. The molecule has 0 bridgehead atoms. The number of aliphatic hydroxyl groups is 3. The highest BCUT2D eigenvalue weighted by Gasteiger charge is 2.61. The van der Waals surface area contributed by atoms with E-state index in [1.165, 1.54) is 0 Å². The van der Waals surface area contributed by atoms with Crippen LogP contribution >= 0.6 is 0 Å². The summed E-state index contributed by atoms with van der Waals surface area (Å²) < 4.78 is 9.87. The van der Waals surface area contributed by atoms with Gasteiger partial charge in [-0.2, -0.15) is 0 Å². The molecule has 80 valence electrons. The normalized spacial score (nSPS) is 45.9. The average Bonchev–Trinajstić information content (AvgIpc) is 2.62. The van der Waals surface area contributed by atoms with Gasteiger partial charge in [0.15, 0.2) is 6.10 Å². The molecular formula is C7H11NO6. The Morgan fingerprint density at radius 1 is 1.50 bits per heavy atom. The van der Waals surface area contributed by atoms with Crippen LogP contribution < -0.4 is 5.32 Å². The summed E-state index contributed by atoms with van der Waals surface area (Å²) in [6.45, 7) is -0.921. The molecule has 2 aliphatic heterocycles. The lowest BCUT2D eigenvalue weighted by molar-refractivity contribution is -0.107. The Balaban J connectivity index is 2.24. The van der Waals surface area contributed by atoms with Gasteiger partial charge in [0.2, 0.25) is 5.72 Å². The number of aliphatic hydroxyl groups excluding tert-OH is 3. The van der Waals surface area contributed by atoms with Crippen molar-refractivity contribution in [2.75, 3.05) is 13.2 Å². The van der Waals surface area contributed by atoms with Gasteiger partial charge in [-0.3, -0.25) is 5.32 Å². The van der Waals surface area contributed by atoms with Crippen LogP contribution in [-0.4, -0.2) is 58.7 Å². The molecule has 2 rings (SSSR count). The number of amides is 1. The third-order valence-electron chi connectivity index (χ3n) is 2.47. The Morgan fingerprint density at radius 2 is 2.21 bits per heavy atom. The van der Waals surface area contributed by atoms with E-state index in [4.69, 9.17) is 19.7 Å². The van der Waals surface area contributed by atoms with E-state index in [9.17, 15) is 9.90 Å². The quantitative estimate of drug-likeness (QED) is 0.398. The van der Waals surface area contributed by atoms with E-state index in [-0.39, 0.29) is 0 Å². The number of hydrogen-bond donors (Lipinski definition) is 4. The standard InChI is InChI=1S/C7H11NO6/c9-1-3-4(11)5-7(2-10,14-3)8-6(12)13-5/h3-5,9-11H,1-2H2,(H,8,12)/t3-,4+,5-,7+/m0/s1. The van der Waals surface area contributed by atoms with Crippen LogP contribution in [0.2, 0.25) is 0 Å². The maximum atomic E-state index is 10.9. The number of ether oxygens (including phenoxy) is 2. The van der Waals surface area contributed by atoms with Crippen LogP contribution in [-0.2, 0) is 9.47 Å².